The predicted octanol–water partition coefficient (Wildman–Crippen LogP) is 0.767. The first kappa shape index (κ1) is 9.83. The SMILES string of the molecule is C=CC(=O)NCc1ncc2c(n1)CCC2. The molecule has 4 heteroatoms. The van der Waals surface area contributed by atoms with Crippen molar-refractivity contribution in [1.82, 2.24) is 15.3 Å². The monoisotopic (exact) mass is 203 g/mol. The summed E-state index contributed by atoms with van der Waals surface area (Å²) >= 11 is 0. The Morgan fingerprint density at radius 1 is 1.60 bits per heavy atom. The maximum atomic E-state index is 10.9. The molecule has 0 spiro atoms. The third-order valence-corrected chi connectivity index (χ3v) is 2.47. The van der Waals surface area contributed by atoms with Crippen LogP contribution in [0.15, 0.2) is 18.9 Å². The van der Waals surface area contributed by atoms with Crippen LogP contribution in [0.3, 0.4) is 0 Å². The molecule has 4 nitrogen and oxygen atoms in total. The number of amides is 1. The number of carbonyl (C=O) groups excluding carboxylic acids is 1. The van der Waals surface area contributed by atoms with Crippen molar-refractivity contribution in [1.29, 1.82) is 0 Å². The minimum atomic E-state index is -0.195. The fraction of sp³-hybridized carbons (Fsp3) is 0.364. The fourth-order valence-corrected chi connectivity index (χ4v) is 1.68. The lowest BCUT2D eigenvalue weighted by Gasteiger charge is -2.03. The predicted molar refractivity (Wildman–Crippen MR) is 56.1 cm³/mol. The van der Waals surface area contributed by atoms with Gasteiger partial charge in [-0.05, 0) is 30.9 Å². The molecule has 0 radical (unpaired) electrons. The number of fused-ring (bicyclic) bond motifs is 1. The highest BCUT2D eigenvalue weighted by molar-refractivity contribution is 5.86. The number of rotatable bonds is 3. The Balaban J connectivity index is 2.04. The van der Waals surface area contributed by atoms with Gasteiger partial charge in [-0.15, -0.1) is 0 Å². The van der Waals surface area contributed by atoms with E-state index < -0.39 is 0 Å². The van der Waals surface area contributed by atoms with Crippen LogP contribution in [0, 0.1) is 0 Å². The lowest BCUT2D eigenvalue weighted by Crippen LogP contribution is -2.21. The summed E-state index contributed by atoms with van der Waals surface area (Å²) in [6.07, 6.45) is 6.37. The van der Waals surface area contributed by atoms with Crippen molar-refractivity contribution >= 4 is 5.91 Å². The van der Waals surface area contributed by atoms with Gasteiger partial charge in [0.2, 0.25) is 5.91 Å². The standard InChI is InChI=1S/C11H13N3O/c1-2-11(15)13-7-10-12-6-8-4-3-5-9(8)14-10/h2,6H,1,3-5,7H2,(H,13,15). The zero-order chi connectivity index (χ0) is 10.7. The summed E-state index contributed by atoms with van der Waals surface area (Å²) in [4.78, 5) is 19.5. The molecule has 0 aliphatic heterocycles. The van der Waals surface area contributed by atoms with Gasteiger partial charge in [0, 0.05) is 11.9 Å². The Labute approximate surface area is 88.4 Å². The topological polar surface area (TPSA) is 54.9 Å². The number of nitrogens with zero attached hydrogens (tertiary/aromatic N) is 2. The molecular weight excluding hydrogens is 190 g/mol. The minimum Gasteiger partial charge on any atom is -0.345 e. The van der Waals surface area contributed by atoms with E-state index in [4.69, 9.17) is 0 Å². The first-order chi connectivity index (χ1) is 7.29. The van der Waals surface area contributed by atoms with E-state index in [0.29, 0.717) is 12.4 Å². The molecule has 0 bridgehead atoms. The molecule has 78 valence electrons. The Bertz CT molecular complexity index is 401. The molecule has 0 atom stereocenters. The summed E-state index contributed by atoms with van der Waals surface area (Å²) in [6.45, 7) is 3.75. The second kappa shape index (κ2) is 4.21. The van der Waals surface area contributed by atoms with E-state index in [1.54, 1.807) is 0 Å². The molecule has 1 amide bonds. The summed E-state index contributed by atoms with van der Waals surface area (Å²) in [7, 11) is 0. The maximum Gasteiger partial charge on any atom is 0.243 e. The second-order valence-electron chi connectivity index (χ2n) is 3.53. The van der Waals surface area contributed by atoms with Crippen LogP contribution in [0.1, 0.15) is 23.5 Å². The number of aryl methyl sites for hydroxylation is 2. The molecule has 1 N–H and O–H groups in total. The zero-order valence-electron chi connectivity index (χ0n) is 8.49. The van der Waals surface area contributed by atoms with Crippen molar-refractivity contribution in [3.8, 4) is 0 Å². The molecule has 1 aliphatic carbocycles. The van der Waals surface area contributed by atoms with Crippen molar-refractivity contribution in [2.45, 2.75) is 25.8 Å². The average molecular weight is 203 g/mol. The Morgan fingerprint density at radius 3 is 3.27 bits per heavy atom. The van der Waals surface area contributed by atoms with Gasteiger partial charge in [0.05, 0.1) is 6.54 Å². The lowest BCUT2D eigenvalue weighted by atomic mass is 10.3. The van der Waals surface area contributed by atoms with Crippen molar-refractivity contribution in [3.63, 3.8) is 0 Å². The zero-order valence-corrected chi connectivity index (χ0v) is 8.49. The average Bonchev–Trinajstić information content (AvgIpc) is 2.72. The summed E-state index contributed by atoms with van der Waals surface area (Å²) < 4.78 is 0. The van der Waals surface area contributed by atoms with Gasteiger partial charge >= 0.3 is 0 Å². The smallest absolute Gasteiger partial charge is 0.243 e. The second-order valence-corrected chi connectivity index (χ2v) is 3.53. The molecule has 0 aromatic carbocycles. The van der Waals surface area contributed by atoms with Crippen LogP contribution in [-0.4, -0.2) is 15.9 Å². The van der Waals surface area contributed by atoms with Gasteiger partial charge in [-0.3, -0.25) is 4.79 Å². The van der Waals surface area contributed by atoms with Crippen LogP contribution in [-0.2, 0) is 24.2 Å². The number of carbonyl (C=O) groups is 1. The van der Waals surface area contributed by atoms with Gasteiger partial charge < -0.3 is 5.32 Å². The third kappa shape index (κ3) is 2.21. The number of aromatic nitrogens is 2. The Hall–Kier alpha value is -1.71. The van der Waals surface area contributed by atoms with Crippen LogP contribution >= 0.6 is 0 Å². The van der Waals surface area contributed by atoms with E-state index in [0.717, 1.165) is 25.0 Å². The van der Waals surface area contributed by atoms with Gasteiger partial charge in [0.25, 0.3) is 0 Å². The van der Waals surface area contributed by atoms with Crippen LogP contribution in [0.2, 0.25) is 0 Å². The summed E-state index contributed by atoms with van der Waals surface area (Å²) in [6, 6.07) is 0. The summed E-state index contributed by atoms with van der Waals surface area (Å²) in [5, 5.41) is 2.66. The molecule has 0 fully saturated rings. The fourth-order valence-electron chi connectivity index (χ4n) is 1.68. The number of hydrogen-bond acceptors (Lipinski definition) is 3. The Morgan fingerprint density at radius 2 is 2.47 bits per heavy atom. The van der Waals surface area contributed by atoms with E-state index in [9.17, 15) is 4.79 Å². The largest absolute Gasteiger partial charge is 0.345 e. The Kier molecular flexibility index (Phi) is 2.76. The lowest BCUT2D eigenvalue weighted by molar-refractivity contribution is -0.116. The first-order valence-electron chi connectivity index (χ1n) is 5.03. The number of hydrogen-bond donors (Lipinski definition) is 1. The number of nitrogens with one attached hydrogen (secondary N) is 1. The first-order valence-corrected chi connectivity index (χ1v) is 5.03. The van der Waals surface area contributed by atoms with Crippen LogP contribution < -0.4 is 5.32 Å². The van der Waals surface area contributed by atoms with Gasteiger partial charge in [-0.25, -0.2) is 9.97 Å². The molecule has 15 heavy (non-hydrogen) atoms. The van der Waals surface area contributed by atoms with Crippen molar-refractivity contribution < 1.29 is 4.79 Å². The van der Waals surface area contributed by atoms with Gasteiger partial charge in [0.15, 0.2) is 0 Å². The van der Waals surface area contributed by atoms with Gasteiger partial charge in [-0.1, -0.05) is 6.58 Å². The third-order valence-electron chi connectivity index (χ3n) is 2.47. The molecule has 0 saturated heterocycles. The molecule has 2 rings (SSSR count). The van der Waals surface area contributed by atoms with Gasteiger partial charge in [-0.2, -0.15) is 0 Å². The molecule has 1 aromatic heterocycles. The minimum absolute atomic E-state index is 0.195. The molecule has 1 heterocycles. The van der Waals surface area contributed by atoms with Crippen molar-refractivity contribution in [3.05, 3.63) is 35.9 Å². The molecule has 1 aliphatic rings. The van der Waals surface area contributed by atoms with Crippen LogP contribution in [0.25, 0.3) is 0 Å². The quantitative estimate of drug-likeness (QED) is 0.738. The highest BCUT2D eigenvalue weighted by Crippen LogP contribution is 2.18. The highest BCUT2D eigenvalue weighted by Gasteiger charge is 2.13. The molecule has 1 aromatic rings. The van der Waals surface area contributed by atoms with E-state index in [1.807, 2.05) is 6.20 Å². The summed E-state index contributed by atoms with van der Waals surface area (Å²) in [5.74, 6) is 0.477. The molecule has 0 unspecified atom stereocenters. The summed E-state index contributed by atoms with van der Waals surface area (Å²) in [5.41, 5.74) is 2.38. The van der Waals surface area contributed by atoms with Crippen molar-refractivity contribution in [2.75, 3.05) is 0 Å². The van der Waals surface area contributed by atoms with Crippen LogP contribution in [0.4, 0.5) is 0 Å². The van der Waals surface area contributed by atoms with Gasteiger partial charge in [0.1, 0.15) is 5.82 Å². The maximum absolute atomic E-state index is 10.9. The van der Waals surface area contributed by atoms with Crippen molar-refractivity contribution in [2.24, 2.45) is 0 Å². The van der Waals surface area contributed by atoms with E-state index in [-0.39, 0.29) is 5.91 Å². The van der Waals surface area contributed by atoms with Crippen LogP contribution in [0.5, 0.6) is 0 Å². The van der Waals surface area contributed by atoms with E-state index in [1.165, 1.54) is 11.6 Å². The molecular formula is C11H13N3O. The highest BCUT2D eigenvalue weighted by atomic mass is 16.1. The normalized spacial score (nSPS) is 13.3. The molecule has 0 saturated carbocycles. The van der Waals surface area contributed by atoms with E-state index in [2.05, 4.69) is 21.9 Å². The van der Waals surface area contributed by atoms with E-state index >= 15 is 0 Å².